The van der Waals surface area contributed by atoms with Gasteiger partial charge in [-0.2, -0.15) is 0 Å². The molecule has 27 heavy (non-hydrogen) atoms. The number of ether oxygens (including phenoxy) is 2. The van der Waals surface area contributed by atoms with Crippen molar-refractivity contribution in [2.75, 3.05) is 18.5 Å². The number of hydrogen-bond acceptors (Lipinski definition) is 3. The summed E-state index contributed by atoms with van der Waals surface area (Å²) in [6.07, 6.45) is 2.12. The minimum absolute atomic E-state index is 0.134. The molecule has 2 rings (SSSR count). The van der Waals surface area contributed by atoms with Gasteiger partial charge in [-0.25, -0.2) is 0 Å². The second-order valence-corrected chi connectivity index (χ2v) is 6.89. The van der Waals surface area contributed by atoms with E-state index < -0.39 is 0 Å². The minimum Gasteiger partial charge on any atom is -0.494 e. The van der Waals surface area contributed by atoms with Crippen molar-refractivity contribution >= 4 is 11.6 Å². The molecular weight excluding hydrogens is 338 g/mol. The minimum atomic E-state index is -0.134. The van der Waals surface area contributed by atoms with Gasteiger partial charge in [-0.05, 0) is 55.2 Å². The van der Waals surface area contributed by atoms with Crippen molar-refractivity contribution in [2.24, 2.45) is 0 Å². The van der Waals surface area contributed by atoms with E-state index in [4.69, 9.17) is 9.47 Å². The lowest BCUT2D eigenvalue weighted by Gasteiger charge is -2.13. The topological polar surface area (TPSA) is 47.6 Å². The first-order valence-corrected chi connectivity index (χ1v) is 9.79. The van der Waals surface area contributed by atoms with E-state index in [0.717, 1.165) is 29.8 Å². The first-order valence-electron chi connectivity index (χ1n) is 9.79. The van der Waals surface area contributed by atoms with Gasteiger partial charge in [0.2, 0.25) is 0 Å². The largest absolute Gasteiger partial charge is 0.494 e. The molecule has 0 aliphatic carbocycles. The van der Waals surface area contributed by atoms with Crippen molar-refractivity contribution in [3.63, 3.8) is 0 Å². The van der Waals surface area contributed by atoms with E-state index in [1.165, 1.54) is 5.56 Å². The zero-order valence-corrected chi connectivity index (χ0v) is 16.9. The van der Waals surface area contributed by atoms with E-state index in [9.17, 15) is 4.79 Å². The predicted octanol–water partition coefficient (Wildman–Crippen LogP) is 5.78. The second kappa shape index (κ2) is 10.7. The summed E-state index contributed by atoms with van der Waals surface area (Å²) in [4.78, 5) is 12.6. The molecule has 0 aliphatic rings. The van der Waals surface area contributed by atoms with Crippen LogP contribution < -0.4 is 10.1 Å². The lowest BCUT2D eigenvalue weighted by atomic mass is 10.0. The summed E-state index contributed by atoms with van der Waals surface area (Å²) < 4.78 is 11.4. The summed E-state index contributed by atoms with van der Waals surface area (Å²) in [5, 5.41) is 2.96. The summed E-state index contributed by atoms with van der Waals surface area (Å²) in [6, 6.07) is 13.5. The van der Waals surface area contributed by atoms with E-state index in [-0.39, 0.29) is 5.91 Å². The number of hydrogen-bond donors (Lipinski definition) is 1. The van der Waals surface area contributed by atoms with Gasteiger partial charge in [-0.15, -0.1) is 0 Å². The van der Waals surface area contributed by atoms with Gasteiger partial charge in [-0.1, -0.05) is 39.3 Å². The van der Waals surface area contributed by atoms with Crippen LogP contribution in [0.15, 0.2) is 42.5 Å². The first kappa shape index (κ1) is 21.0. The highest BCUT2D eigenvalue weighted by atomic mass is 16.5. The van der Waals surface area contributed by atoms with Crippen molar-refractivity contribution in [3.05, 3.63) is 59.2 Å². The standard InChI is InChI=1S/C23H31NO3/c1-5-7-14-26-16-20-15-19(10-13-22(20)27-6-2)23(25)24-21-11-8-18(9-12-21)17(3)4/h8-13,15,17H,5-7,14,16H2,1-4H3,(H,24,25). The Morgan fingerprint density at radius 1 is 1.07 bits per heavy atom. The normalized spacial score (nSPS) is 10.9. The Bertz CT molecular complexity index is 723. The number of unbranched alkanes of at least 4 members (excludes halogenated alkanes) is 1. The molecule has 0 bridgehead atoms. The van der Waals surface area contributed by atoms with E-state index >= 15 is 0 Å². The van der Waals surface area contributed by atoms with Crippen molar-refractivity contribution in [2.45, 2.75) is 53.1 Å². The third-order valence-corrected chi connectivity index (χ3v) is 4.36. The summed E-state index contributed by atoms with van der Waals surface area (Å²) in [6.45, 7) is 10.1. The average Bonchev–Trinajstić information content (AvgIpc) is 2.67. The van der Waals surface area contributed by atoms with Gasteiger partial charge in [0.05, 0.1) is 13.2 Å². The fourth-order valence-corrected chi connectivity index (χ4v) is 2.71. The highest BCUT2D eigenvalue weighted by Crippen LogP contribution is 2.23. The molecule has 0 fully saturated rings. The molecule has 0 aliphatic heterocycles. The highest BCUT2D eigenvalue weighted by Gasteiger charge is 2.11. The molecule has 2 aromatic rings. The van der Waals surface area contributed by atoms with Crippen LogP contribution in [-0.4, -0.2) is 19.1 Å². The zero-order chi connectivity index (χ0) is 19.6. The SMILES string of the molecule is CCCCOCc1cc(C(=O)Nc2ccc(C(C)C)cc2)ccc1OCC. The van der Waals surface area contributed by atoms with Crippen LogP contribution in [0.3, 0.4) is 0 Å². The van der Waals surface area contributed by atoms with Crippen LogP contribution in [0.1, 0.15) is 67.9 Å². The third kappa shape index (κ3) is 6.40. The van der Waals surface area contributed by atoms with Crippen LogP contribution in [0, 0.1) is 0 Å². The lowest BCUT2D eigenvalue weighted by Crippen LogP contribution is -2.13. The fraction of sp³-hybridized carbons (Fsp3) is 0.435. The number of benzene rings is 2. The maximum Gasteiger partial charge on any atom is 0.255 e. The van der Waals surface area contributed by atoms with E-state index in [1.807, 2.05) is 43.3 Å². The van der Waals surface area contributed by atoms with Gasteiger partial charge in [0.1, 0.15) is 5.75 Å². The van der Waals surface area contributed by atoms with Crippen molar-refractivity contribution in [1.82, 2.24) is 0 Å². The molecule has 0 saturated carbocycles. The van der Waals surface area contributed by atoms with Gasteiger partial charge in [-0.3, -0.25) is 4.79 Å². The maximum atomic E-state index is 12.6. The molecule has 4 nitrogen and oxygen atoms in total. The Kier molecular flexibility index (Phi) is 8.34. The quantitative estimate of drug-likeness (QED) is 0.540. The number of carbonyl (C=O) groups is 1. The Morgan fingerprint density at radius 3 is 2.44 bits per heavy atom. The zero-order valence-electron chi connectivity index (χ0n) is 16.9. The molecule has 146 valence electrons. The molecule has 0 heterocycles. The number of amides is 1. The molecule has 1 N–H and O–H groups in total. The molecule has 0 saturated heterocycles. The highest BCUT2D eigenvalue weighted by molar-refractivity contribution is 6.04. The summed E-state index contributed by atoms with van der Waals surface area (Å²) in [5.41, 5.74) is 3.54. The number of carbonyl (C=O) groups excluding carboxylic acids is 1. The van der Waals surface area contributed by atoms with Gasteiger partial charge in [0.25, 0.3) is 5.91 Å². The van der Waals surface area contributed by atoms with Crippen LogP contribution in [0.2, 0.25) is 0 Å². The molecule has 0 atom stereocenters. The molecule has 4 heteroatoms. The van der Waals surface area contributed by atoms with Crippen molar-refractivity contribution in [1.29, 1.82) is 0 Å². The molecule has 1 amide bonds. The number of nitrogens with one attached hydrogen (secondary N) is 1. The molecule has 0 spiro atoms. The molecular formula is C23H31NO3. The monoisotopic (exact) mass is 369 g/mol. The number of rotatable bonds is 10. The number of anilines is 1. The van der Waals surface area contributed by atoms with Gasteiger partial charge < -0.3 is 14.8 Å². The predicted molar refractivity (Wildman–Crippen MR) is 111 cm³/mol. The van der Waals surface area contributed by atoms with Crippen molar-refractivity contribution < 1.29 is 14.3 Å². The van der Waals surface area contributed by atoms with Gasteiger partial charge in [0, 0.05) is 23.4 Å². The summed E-state index contributed by atoms with van der Waals surface area (Å²) in [7, 11) is 0. The Morgan fingerprint density at radius 2 is 1.81 bits per heavy atom. The van der Waals surface area contributed by atoms with E-state index in [0.29, 0.717) is 31.3 Å². The van der Waals surface area contributed by atoms with Crippen LogP contribution in [0.5, 0.6) is 5.75 Å². The third-order valence-electron chi connectivity index (χ3n) is 4.36. The second-order valence-electron chi connectivity index (χ2n) is 6.89. The Balaban J connectivity index is 2.09. The summed E-state index contributed by atoms with van der Waals surface area (Å²) >= 11 is 0. The maximum absolute atomic E-state index is 12.6. The van der Waals surface area contributed by atoms with Crippen LogP contribution >= 0.6 is 0 Å². The Hall–Kier alpha value is -2.33. The fourth-order valence-electron chi connectivity index (χ4n) is 2.71. The van der Waals surface area contributed by atoms with Crippen LogP contribution in [0.25, 0.3) is 0 Å². The summed E-state index contributed by atoms with van der Waals surface area (Å²) in [5.74, 6) is 1.10. The van der Waals surface area contributed by atoms with E-state index in [1.54, 1.807) is 6.07 Å². The lowest BCUT2D eigenvalue weighted by molar-refractivity contribution is 0.102. The Labute approximate surface area is 162 Å². The molecule has 0 unspecified atom stereocenters. The van der Waals surface area contributed by atoms with Gasteiger partial charge >= 0.3 is 0 Å². The molecule has 0 radical (unpaired) electrons. The molecule has 2 aromatic carbocycles. The average molecular weight is 370 g/mol. The van der Waals surface area contributed by atoms with Gasteiger partial charge in [0.15, 0.2) is 0 Å². The smallest absolute Gasteiger partial charge is 0.255 e. The van der Waals surface area contributed by atoms with Crippen LogP contribution in [-0.2, 0) is 11.3 Å². The van der Waals surface area contributed by atoms with E-state index in [2.05, 4.69) is 26.1 Å². The van der Waals surface area contributed by atoms with Crippen LogP contribution in [0.4, 0.5) is 5.69 Å². The first-order chi connectivity index (χ1) is 13.0. The van der Waals surface area contributed by atoms with Crippen molar-refractivity contribution in [3.8, 4) is 5.75 Å². The molecule has 0 aromatic heterocycles.